The predicted octanol–water partition coefficient (Wildman–Crippen LogP) is 2.20. The second-order valence-corrected chi connectivity index (χ2v) is 6.18. The summed E-state index contributed by atoms with van der Waals surface area (Å²) in [6, 6.07) is 3.49. The van der Waals surface area contributed by atoms with Gasteiger partial charge in [0.2, 0.25) is 5.91 Å². The molecule has 0 saturated heterocycles. The van der Waals surface area contributed by atoms with Gasteiger partial charge < -0.3 is 20.1 Å². The first-order chi connectivity index (χ1) is 11.6. The minimum absolute atomic E-state index is 0.0426. The molecule has 1 aromatic carbocycles. The van der Waals surface area contributed by atoms with Crippen molar-refractivity contribution in [2.75, 3.05) is 13.1 Å². The largest absolute Gasteiger partial charge is 0.481 e. The smallest absolute Gasteiger partial charge is 0.326 e. The van der Waals surface area contributed by atoms with E-state index in [1.807, 2.05) is 0 Å². The molecule has 138 valence electrons. The van der Waals surface area contributed by atoms with Gasteiger partial charge >= 0.3 is 5.97 Å². The first kappa shape index (κ1) is 21.1. The maximum Gasteiger partial charge on any atom is 0.326 e. The molecule has 0 radical (unpaired) electrons. The quantitative estimate of drug-likeness (QED) is 0.709. The van der Waals surface area contributed by atoms with Crippen molar-refractivity contribution in [1.29, 1.82) is 0 Å². The fourth-order valence-electron chi connectivity index (χ4n) is 2.02. The first-order valence-electron chi connectivity index (χ1n) is 7.53. The van der Waals surface area contributed by atoms with Crippen LogP contribution in [0.3, 0.4) is 0 Å². The summed E-state index contributed by atoms with van der Waals surface area (Å²) in [5.74, 6) is -1.61. The van der Waals surface area contributed by atoms with Crippen molar-refractivity contribution in [2.24, 2.45) is 0 Å². The zero-order chi connectivity index (χ0) is 19.1. The van der Waals surface area contributed by atoms with Gasteiger partial charge in [0.15, 0.2) is 6.10 Å². The van der Waals surface area contributed by atoms with E-state index in [1.165, 1.54) is 32.9 Å². The Kier molecular flexibility index (Phi) is 7.99. The molecule has 0 spiro atoms. The van der Waals surface area contributed by atoms with Crippen LogP contribution in [-0.4, -0.2) is 53.0 Å². The summed E-state index contributed by atoms with van der Waals surface area (Å²) in [7, 11) is 0. The number of carbonyl (C=O) groups is 3. The Morgan fingerprint density at radius 2 is 1.88 bits per heavy atom. The number of rotatable bonds is 8. The van der Waals surface area contributed by atoms with Crippen molar-refractivity contribution in [1.82, 2.24) is 10.2 Å². The van der Waals surface area contributed by atoms with E-state index in [1.54, 1.807) is 6.07 Å². The summed E-state index contributed by atoms with van der Waals surface area (Å²) in [5, 5.41) is 12.4. The Morgan fingerprint density at radius 3 is 2.40 bits per heavy atom. The normalized spacial score (nSPS) is 12.8. The maximum absolute atomic E-state index is 12.6. The molecule has 0 bridgehead atoms. The molecule has 0 fully saturated rings. The number of nitrogens with zero attached hydrogens (tertiary/aromatic N) is 1. The molecule has 2 N–H and O–H groups in total. The average molecular weight is 391 g/mol. The van der Waals surface area contributed by atoms with Gasteiger partial charge in [0, 0.05) is 26.1 Å². The number of hydrogen-bond donors (Lipinski definition) is 2. The average Bonchev–Trinajstić information content (AvgIpc) is 2.53. The molecule has 9 heteroatoms. The highest BCUT2D eigenvalue weighted by Gasteiger charge is 2.29. The third-order valence-corrected chi connectivity index (χ3v) is 4.13. The zero-order valence-electron chi connectivity index (χ0n) is 14.1. The third kappa shape index (κ3) is 6.43. The zero-order valence-corrected chi connectivity index (χ0v) is 15.6. The molecular formula is C16H20Cl2N2O5. The van der Waals surface area contributed by atoms with Crippen molar-refractivity contribution in [3.63, 3.8) is 0 Å². The number of nitrogens with one attached hydrogen (secondary N) is 1. The number of ether oxygens (including phenoxy) is 1. The van der Waals surface area contributed by atoms with Gasteiger partial charge in [0.25, 0.3) is 5.91 Å². The van der Waals surface area contributed by atoms with E-state index < -0.39 is 24.0 Å². The number of aliphatic carboxylic acids is 1. The number of halogens is 2. The first-order valence-corrected chi connectivity index (χ1v) is 8.28. The van der Waals surface area contributed by atoms with Gasteiger partial charge in [-0.25, -0.2) is 4.79 Å². The molecule has 0 aliphatic heterocycles. The highest BCUT2D eigenvalue weighted by Crippen LogP contribution is 2.27. The molecule has 0 aromatic heterocycles. The second-order valence-electron chi connectivity index (χ2n) is 5.36. The standard InChI is InChI=1S/C16H20Cl2N2O5/c1-9(16(23)24)20(7-6-19-11(3)21)15(22)10(2)25-12-4-5-13(17)14(18)8-12/h4-5,8-10H,6-7H2,1-3H3,(H,19,21)(H,23,24). The Hall–Kier alpha value is -1.99. The lowest BCUT2D eigenvalue weighted by atomic mass is 10.2. The highest BCUT2D eigenvalue weighted by molar-refractivity contribution is 6.42. The molecule has 0 aliphatic carbocycles. The van der Waals surface area contributed by atoms with Crippen LogP contribution in [0.2, 0.25) is 10.0 Å². The van der Waals surface area contributed by atoms with E-state index in [0.29, 0.717) is 10.8 Å². The van der Waals surface area contributed by atoms with Crippen molar-refractivity contribution < 1.29 is 24.2 Å². The molecular weight excluding hydrogens is 371 g/mol. The van der Waals surface area contributed by atoms with Crippen LogP contribution in [0.1, 0.15) is 20.8 Å². The molecule has 0 saturated carbocycles. The highest BCUT2D eigenvalue weighted by atomic mass is 35.5. The molecule has 0 aliphatic rings. The topological polar surface area (TPSA) is 95.9 Å². The van der Waals surface area contributed by atoms with E-state index in [-0.39, 0.29) is 24.0 Å². The molecule has 2 atom stereocenters. The summed E-state index contributed by atoms with van der Waals surface area (Å²) < 4.78 is 5.54. The monoisotopic (exact) mass is 390 g/mol. The summed E-state index contributed by atoms with van der Waals surface area (Å²) in [6.45, 7) is 4.41. The lowest BCUT2D eigenvalue weighted by Gasteiger charge is -2.29. The van der Waals surface area contributed by atoms with E-state index in [9.17, 15) is 19.5 Å². The summed E-state index contributed by atoms with van der Waals surface area (Å²) in [5.41, 5.74) is 0. The number of hydrogen-bond acceptors (Lipinski definition) is 4. The molecule has 25 heavy (non-hydrogen) atoms. The number of carboxylic acid groups (broad SMARTS) is 1. The maximum atomic E-state index is 12.6. The van der Waals surface area contributed by atoms with Crippen LogP contribution in [0.15, 0.2) is 18.2 Å². The molecule has 2 unspecified atom stereocenters. The van der Waals surface area contributed by atoms with E-state index >= 15 is 0 Å². The summed E-state index contributed by atoms with van der Waals surface area (Å²) in [6.07, 6.45) is -0.948. The van der Waals surface area contributed by atoms with Crippen LogP contribution in [0.25, 0.3) is 0 Å². The van der Waals surface area contributed by atoms with Gasteiger partial charge in [-0.05, 0) is 26.0 Å². The van der Waals surface area contributed by atoms with Crippen molar-refractivity contribution in [2.45, 2.75) is 32.9 Å². The van der Waals surface area contributed by atoms with Gasteiger partial charge in [-0.2, -0.15) is 0 Å². The van der Waals surface area contributed by atoms with Gasteiger partial charge in [-0.1, -0.05) is 23.2 Å². The number of carbonyl (C=O) groups excluding carboxylic acids is 2. The fraction of sp³-hybridized carbons (Fsp3) is 0.438. The van der Waals surface area contributed by atoms with Crippen LogP contribution >= 0.6 is 23.2 Å². The Morgan fingerprint density at radius 1 is 1.24 bits per heavy atom. The molecule has 1 rings (SSSR count). The molecule has 7 nitrogen and oxygen atoms in total. The van der Waals surface area contributed by atoms with Crippen LogP contribution in [-0.2, 0) is 14.4 Å². The van der Waals surface area contributed by atoms with E-state index in [4.69, 9.17) is 27.9 Å². The lowest BCUT2D eigenvalue weighted by Crippen LogP contribution is -2.51. The van der Waals surface area contributed by atoms with Crippen LogP contribution in [0, 0.1) is 0 Å². The Labute approximate surface area is 155 Å². The number of benzene rings is 1. The number of carboxylic acids is 1. The predicted molar refractivity (Wildman–Crippen MR) is 94.0 cm³/mol. The Bertz CT molecular complexity index is 653. The molecule has 2 amide bonds. The third-order valence-electron chi connectivity index (χ3n) is 3.39. The second kappa shape index (κ2) is 9.48. The minimum atomic E-state index is -1.15. The van der Waals surface area contributed by atoms with Crippen molar-refractivity contribution in [3.8, 4) is 5.75 Å². The number of amides is 2. The van der Waals surface area contributed by atoms with Gasteiger partial charge in [0.1, 0.15) is 11.8 Å². The molecule has 0 heterocycles. The van der Waals surface area contributed by atoms with Crippen LogP contribution in [0.5, 0.6) is 5.75 Å². The van der Waals surface area contributed by atoms with Crippen LogP contribution < -0.4 is 10.1 Å². The van der Waals surface area contributed by atoms with Gasteiger partial charge in [0.05, 0.1) is 10.0 Å². The SMILES string of the molecule is CC(=O)NCCN(C(=O)C(C)Oc1ccc(Cl)c(Cl)c1)C(C)C(=O)O. The minimum Gasteiger partial charge on any atom is -0.481 e. The van der Waals surface area contributed by atoms with Gasteiger partial charge in [-0.15, -0.1) is 0 Å². The van der Waals surface area contributed by atoms with E-state index in [0.717, 1.165) is 4.90 Å². The van der Waals surface area contributed by atoms with Gasteiger partial charge in [-0.3, -0.25) is 9.59 Å². The van der Waals surface area contributed by atoms with E-state index in [2.05, 4.69) is 5.32 Å². The summed E-state index contributed by atoms with van der Waals surface area (Å²) in [4.78, 5) is 35.9. The van der Waals surface area contributed by atoms with Crippen molar-refractivity contribution in [3.05, 3.63) is 28.2 Å². The summed E-state index contributed by atoms with van der Waals surface area (Å²) >= 11 is 11.7. The van der Waals surface area contributed by atoms with Crippen LogP contribution in [0.4, 0.5) is 0 Å². The van der Waals surface area contributed by atoms with Crippen molar-refractivity contribution >= 4 is 41.0 Å². The molecule has 1 aromatic rings. The Balaban J connectivity index is 2.84. The fourth-order valence-corrected chi connectivity index (χ4v) is 2.31. The lowest BCUT2D eigenvalue weighted by molar-refractivity contribution is -0.152.